The lowest BCUT2D eigenvalue weighted by Crippen LogP contribution is -2.24. The van der Waals surface area contributed by atoms with Gasteiger partial charge in [-0.25, -0.2) is 4.39 Å². The van der Waals surface area contributed by atoms with Crippen molar-refractivity contribution in [3.63, 3.8) is 0 Å². The molecular formula is C17H12BrFN2O4. The molecule has 2 aromatic rings. The molecule has 0 spiro atoms. The van der Waals surface area contributed by atoms with Crippen molar-refractivity contribution in [2.45, 2.75) is 0 Å². The summed E-state index contributed by atoms with van der Waals surface area (Å²) in [6.07, 6.45) is 0. The Morgan fingerprint density at radius 2 is 1.88 bits per heavy atom. The van der Waals surface area contributed by atoms with Gasteiger partial charge in [-0.15, -0.1) is 0 Å². The molecule has 1 N–H and O–H groups in total. The Bertz CT molecular complexity index is 900. The van der Waals surface area contributed by atoms with Gasteiger partial charge in [0.15, 0.2) is 18.2 Å². The molecule has 0 bridgehead atoms. The van der Waals surface area contributed by atoms with Crippen LogP contribution >= 0.6 is 15.9 Å². The highest BCUT2D eigenvalue weighted by atomic mass is 79.9. The first-order chi connectivity index (χ1) is 11.9. The van der Waals surface area contributed by atoms with E-state index >= 15 is 0 Å². The van der Waals surface area contributed by atoms with Crippen molar-refractivity contribution in [2.75, 3.05) is 19.0 Å². The average molecular weight is 407 g/mol. The quantitative estimate of drug-likeness (QED) is 0.792. The second kappa shape index (κ2) is 6.64. The lowest BCUT2D eigenvalue weighted by Gasteiger charge is -2.09. The Labute approximate surface area is 150 Å². The molecule has 1 heterocycles. The van der Waals surface area contributed by atoms with Gasteiger partial charge in [-0.3, -0.25) is 19.3 Å². The Morgan fingerprint density at radius 3 is 2.60 bits per heavy atom. The van der Waals surface area contributed by atoms with Crippen LogP contribution in [0.4, 0.5) is 10.1 Å². The van der Waals surface area contributed by atoms with E-state index in [1.165, 1.54) is 37.4 Å². The van der Waals surface area contributed by atoms with Crippen LogP contribution in [0.1, 0.15) is 20.7 Å². The third kappa shape index (κ3) is 3.39. The van der Waals surface area contributed by atoms with Gasteiger partial charge in [0.25, 0.3) is 17.7 Å². The molecule has 25 heavy (non-hydrogen) atoms. The number of rotatable bonds is 4. The minimum absolute atomic E-state index is 0.0466. The van der Waals surface area contributed by atoms with Crippen LogP contribution in [0, 0.1) is 5.82 Å². The monoisotopic (exact) mass is 406 g/mol. The summed E-state index contributed by atoms with van der Waals surface area (Å²) in [6, 6.07) is 8.65. The summed E-state index contributed by atoms with van der Waals surface area (Å²) in [6.45, 7) is -0.400. The Balaban J connectivity index is 1.66. The molecule has 0 atom stereocenters. The van der Waals surface area contributed by atoms with Gasteiger partial charge in [-0.05, 0) is 36.4 Å². The number of imide groups is 1. The van der Waals surface area contributed by atoms with Crippen molar-refractivity contribution in [1.82, 2.24) is 4.90 Å². The first-order valence-electron chi connectivity index (χ1n) is 7.21. The fourth-order valence-electron chi connectivity index (χ4n) is 2.37. The molecule has 1 aliphatic rings. The van der Waals surface area contributed by atoms with Crippen molar-refractivity contribution in [2.24, 2.45) is 0 Å². The van der Waals surface area contributed by atoms with Gasteiger partial charge in [0.1, 0.15) is 0 Å². The smallest absolute Gasteiger partial charge is 0.262 e. The molecule has 0 radical (unpaired) electrons. The van der Waals surface area contributed by atoms with E-state index in [1.54, 1.807) is 6.07 Å². The standard InChI is InChI=1S/C17H12BrFN2O4/c1-21-16(23)11-4-3-10(7-12(11)17(21)24)20-15(22)8-25-14-5-2-9(18)6-13(14)19/h2-7H,8H2,1H3,(H,20,22). The molecule has 1 aliphatic heterocycles. The number of amides is 3. The van der Waals surface area contributed by atoms with Crippen LogP contribution in [-0.2, 0) is 4.79 Å². The molecule has 0 saturated carbocycles. The van der Waals surface area contributed by atoms with Crippen molar-refractivity contribution < 1.29 is 23.5 Å². The molecule has 0 fully saturated rings. The highest BCUT2D eigenvalue weighted by Crippen LogP contribution is 2.25. The number of hydrogen-bond acceptors (Lipinski definition) is 4. The number of hydrogen-bond donors (Lipinski definition) is 1. The third-order valence-electron chi connectivity index (χ3n) is 3.63. The molecular weight excluding hydrogens is 395 g/mol. The van der Waals surface area contributed by atoms with Crippen LogP contribution in [0.5, 0.6) is 5.75 Å². The summed E-state index contributed by atoms with van der Waals surface area (Å²) in [4.78, 5) is 36.7. The van der Waals surface area contributed by atoms with Gasteiger partial charge in [-0.2, -0.15) is 0 Å². The van der Waals surface area contributed by atoms with E-state index in [0.29, 0.717) is 15.7 Å². The molecule has 2 aromatic carbocycles. The van der Waals surface area contributed by atoms with Gasteiger partial charge >= 0.3 is 0 Å². The van der Waals surface area contributed by atoms with Crippen LogP contribution in [0.3, 0.4) is 0 Å². The fourth-order valence-corrected chi connectivity index (χ4v) is 2.70. The molecule has 6 nitrogen and oxygen atoms in total. The van der Waals surface area contributed by atoms with Crippen molar-refractivity contribution in [1.29, 1.82) is 0 Å². The van der Waals surface area contributed by atoms with E-state index in [4.69, 9.17) is 4.74 Å². The van der Waals surface area contributed by atoms with Gasteiger partial charge in [0.05, 0.1) is 11.1 Å². The zero-order valence-corrected chi connectivity index (χ0v) is 14.6. The van der Waals surface area contributed by atoms with E-state index in [0.717, 1.165) is 4.90 Å². The number of carbonyl (C=O) groups excluding carboxylic acids is 3. The molecule has 3 amide bonds. The third-order valence-corrected chi connectivity index (χ3v) is 4.12. The number of ether oxygens (including phenoxy) is 1. The number of nitrogens with zero attached hydrogens (tertiary/aromatic N) is 1. The molecule has 0 aliphatic carbocycles. The minimum Gasteiger partial charge on any atom is -0.481 e. The molecule has 0 unspecified atom stereocenters. The zero-order valence-electron chi connectivity index (χ0n) is 13.0. The first kappa shape index (κ1) is 17.1. The van der Waals surface area contributed by atoms with Crippen molar-refractivity contribution in [3.05, 3.63) is 57.8 Å². The Morgan fingerprint density at radius 1 is 1.16 bits per heavy atom. The van der Waals surface area contributed by atoms with E-state index in [-0.39, 0.29) is 17.2 Å². The Hall–Kier alpha value is -2.74. The van der Waals surface area contributed by atoms with Crippen LogP contribution in [-0.4, -0.2) is 36.3 Å². The maximum Gasteiger partial charge on any atom is 0.262 e. The van der Waals surface area contributed by atoms with Crippen LogP contribution in [0.2, 0.25) is 0 Å². The molecule has 8 heteroatoms. The fraction of sp³-hybridized carbons (Fsp3) is 0.118. The summed E-state index contributed by atoms with van der Waals surface area (Å²) in [5.41, 5.74) is 0.865. The normalized spacial score (nSPS) is 13.0. The predicted octanol–water partition coefficient (Wildman–Crippen LogP) is 2.83. The van der Waals surface area contributed by atoms with Crippen LogP contribution in [0.25, 0.3) is 0 Å². The van der Waals surface area contributed by atoms with E-state index in [2.05, 4.69) is 21.2 Å². The largest absolute Gasteiger partial charge is 0.481 e. The number of benzene rings is 2. The summed E-state index contributed by atoms with van der Waals surface area (Å²) in [7, 11) is 1.39. The van der Waals surface area contributed by atoms with E-state index < -0.39 is 24.2 Å². The summed E-state index contributed by atoms with van der Waals surface area (Å²) < 4.78 is 19.3. The predicted molar refractivity (Wildman–Crippen MR) is 91.1 cm³/mol. The lowest BCUT2D eigenvalue weighted by atomic mass is 10.1. The highest BCUT2D eigenvalue weighted by molar-refractivity contribution is 9.10. The van der Waals surface area contributed by atoms with E-state index in [1.807, 2.05) is 0 Å². The number of carbonyl (C=O) groups is 3. The van der Waals surface area contributed by atoms with Gasteiger partial charge in [0.2, 0.25) is 0 Å². The van der Waals surface area contributed by atoms with Crippen molar-refractivity contribution >= 4 is 39.3 Å². The van der Waals surface area contributed by atoms with E-state index in [9.17, 15) is 18.8 Å². The number of halogens is 2. The lowest BCUT2D eigenvalue weighted by molar-refractivity contribution is -0.118. The van der Waals surface area contributed by atoms with Gasteiger partial charge in [-0.1, -0.05) is 15.9 Å². The van der Waals surface area contributed by atoms with Gasteiger partial charge < -0.3 is 10.1 Å². The summed E-state index contributed by atoms with van der Waals surface area (Å²) >= 11 is 3.13. The Kier molecular flexibility index (Phi) is 4.54. The van der Waals surface area contributed by atoms with Gasteiger partial charge in [0, 0.05) is 17.2 Å². The second-order valence-corrected chi connectivity index (χ2v) is 6.26. The highest BCUT2D eigenvalue weighted by Gasteiger charge is 2.32. The summed E-state index contributed by atoms with van der Waals surface area (Å²) in [5, 5.41) is 2.55. The number of anilines is 1. The SMILES string of the molecule is CN1C(=O)c2ccc(NC(=O)COc3ccc(Br)cc3F)cc2C1=O. The maximum absolute atomic E-state index is 13.6. The maximum atomic E-state index is 13.6. The second-order valence-electron chi connectivity index (χ2n) is 5.34. The topological polar surface area (TPSA) is 75.7 Å². The van der Waals surface area contributed by atoms with Crippen molar-refractivity contribution in [3.8, 4) is 5.75 Å². The number of fused-ring (bicyclic) bond motifs is 1. The molecule has 0 aromatic heterocycles. The zero-order chi connectivity index (χ0) is 18.1. The van der Waals surface area contributed by atoms with Crippen LogP contribution in [0.15, 0.2) is 40.9 Å². The average Bonchev–Trinajstić information content (AvgIpc) is 2.78. The minimum atomic E-state index is -0.591. The number of nitrogens with one attached hydrogen (secondary N) is 1. The molecule has 0 saturated heterocycles. The van der Waals surface area contributed by atoms with Crippen LogP contribution < -0.4 is 10.1 Å². The summed E-state index contributed by atoms with van der Waals surface area (Å²) in [5.74, 6) is -1.97. The molecule has 3 rings (SSSR count). The molecule has 128 valence electrons. The first-order valence-corrected chi connectivity index (χ1v) is 8.00.